The summed E-state index contributed by atoms with van der Waals surface area (Å²) in [6, 6.07) is 1.60. The van der Waals surface area contributed by atoms with Gasteiger partial charge < -0.3 is 10.3 Å². The van der Waals surface area contributed by atoms with E-state index in [1.54, 1.807) is 6.07 Å². The molecule has 2 N–H and O–H groups in total. The summed E-state index contributed by atoms with van der Waals surface area (Å²) < 4.78 is 0. The average molecular weight is 249 g/mol. The van der Waals surface area contributed by atoms with Gasteiger partial charge in [0, 0.05) is 18.5 Å². The second-order valence-corrected chi connectivity index (χ2v) is 5.19. The van der Waals surface area contributed by atoms with Crippen molar-refractivity contribution in [2.45, 2.75) is 52.0 Å². The summed E-state index contributed by atoms with van der Waals surface area (Å²) >= 11 is 0. The summed E-state index contributed by atoms with van der Waals surface area (Å²) in [5.74, 6) is 2.15. The lowest BCUT2D eigenvalue weighted by Gasteiger charge is -2.11. The maximum Gasteiger partial charge on any atom is 0.251 e. The molecule has 1 aliphatic rings. The van der Waals surface area contributed by atoms with Crippen LogP contribution in [0, 0.1) is 5.92 Å². The lowest BCUT2D eigenvalue weighted by atomic mass is 10.0. The fourth-order valence-corrected chi connectivity index (χ4v) is 2.76. The van der Waals surface area contributed by atoms with Gasteiger partial charge in [0.25, 0.3) is 5.56 Å². The first-order valence-electron chi connectivity index (χ1n) is 7.03. The summed E-state index contributed by atoms with van der Waals surface area (Å²) in [4.78, 5) is 19.2. The highest BCUT2D eigenvalue weighted by Crippen LogP contribution is 2.37. The molecule has 0 radical (unpaired) electrons. The minimum absolute atomic E-state index is 0.0205. The Balaban J connectivity index is 2.13. The molecule has 1 fully saturated rings. The van der Waals surface area contributed by atoms with Gasteiger partial charge in [0.1, 0.15) is 5.82 Å². The Labute approximate surface area is 108 Å². The Morgan fingerprint density at radius 2 is 2.28 bits per heavy atom. The smallest absolute Gasteiger partial charge is 0.251 e. The van der Waals surface area contributed by atoms with Crippen LogP contribution < -0.4 is 10.9 Å². The van der Waals surface area contributed by atoms with Gasteiger partial charge in [-0.25, -0.2) is 4.98 Å². The second kappa shape index (κ2) is 6.14. The second-order valence-electron chi connectivity index (χ2n) is 5.19. The van der Waals surface area contributed by atoms with Crippen LogP contribution in [0.4, 0.5) is 0 Å². The Morgan fingerprint density at radius 1 is 1.44 bits per heavy atom. The fourth-order valence-electron chi connectivity index (χ4n) is 2.76. The Kier molecular flexibility index (Phi) is 4.53. The Hall–Kier alpha value is -1.16. The molecule has 4 heteroatoms. The lowest BCUT2D eigenvalue weighted by Crippen LogP contribution is -2.19. The van der Waals surface area contributed by atoms with E-state index in [1.807, 2.05) is 0 Å². The predicted molar refractivity (Wildman–Crippen MR) is 72.6 cm³/mol. The molecule has 18 heavy (non-hydrogen) atoms. The number of nitrogens with zero attached hydrogens (tertiary/aromatic N) is 1. The van der Waals surface area contributed by atoms with E-state index in [0.29, 0.717) is 12.5 Å². The summed E-state index contributed by atoms with van der Waals surface area (Å²) in [5.41, 5.74) is 0.836. The molecular formula is C14H23N3O. The van der Waals surface area contributed by atoms with Gasteiger partial charge in [0.05, 0.1) is 5.69 Å². The van der Waals surface area contributed by atoms with Gasteiger partial charge in [-0.2, -0.15) is 0 Å². The molecule has 1 aromatic rings. The zero-order valence-corrected chi connectivity index (χ0v) is 11.3. The van der Waals surface area contributed by atoms with E-state index < -0.39 is 0 Å². The molecule has 0 aliphatic heterocycles. The number of nitrogens with one attached hydrogen (secondary N) is 2. The van der Waals surface area contributed by atoms with Crippen molar-refractivity contribution < 1.29 is 0 Å². The molecule has 100 valence electrons. The molecule has 0 bridgehead atoms. The quantitative estimate of drug-likeness (QED) is 0.841. The number of aromatic nitrogens is 2. The summed E-state index contributed by atoms with van der Waals surface area (Å²) in [6.45, 7) is 5.87. The SMILES string of the molecule is CCNCc1cc(=O)[nH]c(C2CCC(CC)C2)n1. The maximum absolute atomic E-state index is 11.7. The van der Waals surface area contributed by atoms with Crippen LogP contribution in [0.2, 0.25) is 0 Å². The third-order valence-corrected chi connectivity index (χ3v) is 3.87. The van der Waals surface area contributed by atoms with Gasteiger partial charge in [-0.3, -0.25) is 4.79 Å². The minimum atomic E-state index is -0.0205. The van der Waals surface area contributed by atoms with Crippen molar-refractivity contribution in [1.29, 1.82) is 0 Å². The van der Waals surface area contributed by atoms with Crippen molar-refractivity contribution in [1.82, 2.24) is 15.3 Å². The zero-order valence-electron chi connectivity index (χ0n) is 11.3. The van der Waals surface area contributed by atoms with Crippen LogP contribution in [0.3, 0.4) is 0 Å². The van der Waals surface area contributed by atoms with Gasteiger partial charge >= 0.3 is 0 Å². The standard InChI is InChI=1S/C14H23N3O/c1-3-10-5-6-11(7-10)14-16-12(9-15-4-2)8-13(18)17-14/h8,10-11,15H,3-7,9H2,1-2H3,(H,16,17,18). The van der Waals surface area contributed by atoms with E-state index in [9.17, 15) is 4.79 Å². The molecule has 2 unspecified atom stereocenters. The van der Waals surface area contributed by atoms with Gasteiger partial charge in [-0.1, -0.05) is 20.3 Å². The molecule has 1 heterocycles. The van der Waals surface area contributed by atoms with E-state index in [2.05, 4.69) is 29.1 Å². The van der Waals surface area contributed by atoms with Crippen molar-refractivity contribution in [3.8, 4) is 0 Å². The number of rotatable bonds is 5. The third-order valence-electron chi connectivity index (χ3n) is 3.87. The van der Waals surface area contributed by atoms with Crippen LogP contribution in [0.1, 0.15) is 57.0 Å². The van der Waals surface area contributed by atoms with E-state index in [4.69, 9.17) is 0 Å². The number of aromatic amines is 1. The van der Waals surface area contributed by atoms with Crippen LogP contribution in [0.15, 0.2) is 10.9 Å². The molecule has 0 aromatic carbocycles. The highest BCUT2D eigenvalue weighted by Gasteiger charge is 2.26. The highest BCUT2D eigenvalue weighted by molar-refractivity contribution is 5.07. The Bertz CT molecular complexity index is 441. The number of H-pyrrole nitrogens is 1. The molecule has 0 spiro atoms. The number of hydrogen-bond acceptors (Lipinski definition) is 3. The first kappa shape index (κ1) is 13.3. The van der Waals surface area contributed by atoms with Gasteiger partial charge in [-0.15, -0.1) is 0 Å². The van der Waals surface area contributed by atoms with E-state index in [1.165, 1.54) is 19.3 Å². The van der Waals surface area contributed by atoms with E-state index in [0.717, 1.165) is 30.4 Å². The normalized spacial score (nSPS) is 23.4. The van der Waals surface area contributed by atoms with Crippen molar-refractivity contribution >= 4 is 0 Å². The largest absolute Gasteiger partial charge is 0.311 e. The van der Waals surface area contributed by atoms with Crippen molar-refractivity contribution in [2.24, 2.45) is 5.92 Å². The topological polar surface area (TPSA) is 57.8 Å². The molecule has 1 aliphatic carbocycles. The molecule has 1 saturated carbocycles. The molecule has 2 atom stereocenters. The monoisotopic (exact) mass is 249 g/mol. The van der Waals surface area contributed by atoms with E-state index in [-0.39, 0.29) is 5.56 Å². The average Bonchev–Trinajstić information content (AvgIpc) is 2.84. The predicted octanol–water partition coefficient (Wildman–Crippen LogP) is 2.17. The molecule has 1 aromatic heterocycles. The van der Waals surface area contributed by atoms with Gasteiger partial charge in [0.2, 0.25) is 0 Å². The maximum atomic E-state index is 11.7. The molecule has 0 amide bonds. The third kappa shape index (κ3) is 3.19. The van der Waals surface area contributed by atoms with Crippen LogP contribution in [-0.4, -0.2) is 16.5 Å². The molecule has 2 rings (SSSR count). The van der Waals surface area contributed by atoms with Crippen LogP contribution in [0.5, 0.6) is 0 Å². The lowest BCUT2D eigenvalue weighted by molar-refractivity contribution is 0.515. The van der Waals surface area contributed by atoms with Crippen LogP contribution in [-0.2, 0) is 6.54 Å². The summed E-state index contributed by atoms with van der Waals surface area (Å²) in [7, 11) is 0. The van der Waals surface area contributed by atoms with Gasteiger partial charge in [-0.05, 0) is 31.7 Å². The van der Waals surface area contributed by atoms with Crippen molar-refractivity contribution in [3.63, 3.8) is 0 Å². The fraction of sp³-hybridized carbons (Fsp3) is 0.714. The molecule has 4 nitrogen and oxygen atoms in total. The van der Waals surface area contributed by atoms with Crippen LogP contribution in [0.25, 0.3) is 0 Å². The first-order chi connectivity index (χ1) is 8.72. The molecule has 0 saturated heterocycles. The zero-order chi connectivity index (χ0) is 13.0. The van der Waals surface area contributed by atoms with Crippen LogP contribution >= 0.6 is 0 Å². The summed E-state index contributed by atoms with van der Waals surface area (Å²) in [5, 5.41) is 3.21. The van der Waals surface area contributed by atoms with Crippen molar-refractivity contribution in [2.75, 3.05) is 6.54 Å². The first-order valence-corrected chi connectivity index (χ1v) is 7.03. The van der Waals surface area contributed by atoms with Crippen molar-refractivity contribution in [3.05, 3.63) is 27.9 Å². The van der Waals surface area contributed by atoms with Gasteiger partial charge in [0.15, 0.2) is 0 Å². The minimum Gasteiger partial charge on any atom is -0.311 e. The number of hydrogen-bond donors (Lipinski definition) is 2. The molecular weight excluding hydrogens is 226 g/mol. The highest BCUT2D eigenvalue weighted by atomic mass is 16.1. The Morgan fingerprint density at radius 3 is 2.94 bits per heavy atom. The summed E-state index contributed by atoms with van der Waals surface area (Å²) in [6.07, 6.45) is 4.83. The van der Waals surface area contributed by atoms with E-state index >= 15 is 0 Å².